The minimum atomic E-state index is 0.111. The third-order valence-electron chi connectivity index (χ3n) is 3.92. The molecular weight excluding hydrogens is 372 g/mol. The van der Waals surface area contributed by atoms with E-state index >= 15 is 0 Å². The molecule has 5 nitrogen and oxygen atoms in total. The summed E-state index contributed by atoms with van der Waals surface area (Å²) in [6, 6.07) is 4.04. The Labute approximate surface area is 153 Å². The largest absolute Gasteiger partial charge is 0.493 e. The monoisotopic (exact) mass is 400 g/mol. The molecule has 2 rings (SSSR count). The van der Waals surface area contributed by atoms with E-state index in [1.807, 2.05) is 19.9 Å². The summed E-state index contributed by atoms with van der Waals surface area (Å²) in [6.07, 6.45) is 1.24. The first-order chi connectivity index (χ1) is 11.6. The first-order valence-corrected chi connectivity index (χ1v) is 9.43. The minimum absolute atomic E-state index is 0.111. The van der Waals surface area contributed by atoms with E-state index in [9.17, 15) is 0 Å². The highest BCUT2D eigenvalue weighted by molar-refractivity contribution is 9.10. The maximum absolute atomic E-state index is 5.97. The zero-order valence-corrected chi connectivity index (χ0v) is 16.5. The maximum Gasteiger partial charge on any atom is 0.166 e. The first kappa shape index (κ1) is 19.5. The van der Waals surface area contributed by atoms with Crippen molar-refractivity contribution in [1.29, 1.82) is 0 Å². The summed E-state index contributed by atoms with van der Waals surface area (Å²) >= 11 is 3.55. The molecule has 0 atom stereocenters. The van der Waals surface area contributed by atoms with E-state index in [2.05, 4.69) is 32.2 Å². The van der Waals surface area contributed by atoms with Crippen LogP contribution in [0.4, 0.5) is 0 Å². The molecule has 0 aromatic heterocycles. The van der Waals surface area contributed by atoms with Gasteiger partial charge in [-0.3, -0.25) is 4.90 Å². The molecule has 0 amide bonds. The summed E-state index contributed by atoms with van der Waals surface area (Å²) in [5, 5.41) is 3.52. The SMILES string of the molecule is COc1cc(Br)cc(CNCCCN2CCOCC2)c1OC(C)C. The summed E-state index contributed by atoms with van der Waals surface area (Å²) in [5.41, 5.74) is 1.11. The standard InChI is InChI=1S/C18H29BrN2O3/c1-14(2)24-18-15(11-16(19)12-17(18)22-3)13-20-5-4-6-21-7-9-23-10-8-21/h11-12,14,20H,4-10,13H2,1-3H3. The summed E-state index contributed by atoms with van der Waals surface area (Å²) in [4.78, 5) is 2.46. The van der Waals surface area contributed by atoms with Gasteiger partial charge in [0, 0.05) is 29.7 Å². The zero-order chi connectivity index (χ0) is 17.4. The van der Waals surface area contributed by atoms with Gasteiger partial charge in [0.2, 0.25) is 0 Å². The van der Waals surface area contributed by atoms with Gasteiger partial charge in [-0.15, -0.1) is 0 Å². The second-order valence-corrected chi connectivity index (χ2v) is 7.16. The lowest BCUT2D eigenvalue weighted by Gasteiger charge is -2.26. The summed E-state index contributed by atoms with van der Waals surface area (Å²) < 4.78 is 17.8. The van der Waals surface area contributed by atoms with E-state index in [-0.39, 0.29) is 6.10 Å². The molecule has 1 fully saturated rings. The lowest BCUT2D eigenvalue weighted by atomic mass is 10.1. The van der Waals surface area contributed by atoms with Gasteiger partial charge in [-0.2, -0.15) is 0 Å². The summed E-state index contributed by atoms with van der Waals surface area (Å²) in [5.74, 6) is 1.60. The fourth-order valence-electron chi connectivity index (χ4n) is 2.75. The number of halogens is 1. The van der Waals surface area contributed by atoms with Crippen LogP contribution < -0.4 is 14.8 Å². The third-order valence-corrected chi connectivity index (χ3v) is 4.37. The predicted molar refractivity (Wildman–Crippen MR) is 100 cm³/mol. The topological polar surface area (TPSA) is 43.0 Å². The van der Waals surface area contributed by atoms with Gasteiger partial charge >= 0.3 is 0 Å². The Morgan fingerprint density at radius 2 is 2.04 bits per heavy atom. The normalized spacial score (nSPS) is 15.7. The van der Waals surface area contributed by atoms with Gasteiger partial charge in [-0.05, 0) is 45.5 Å². The molecule has 0 unspecified atom stereocenters. The first-order valence-electron chi connectivity index (χ1n) is 8.64. The van der Waals surface area contributed by atoms with Crippen molar-refractivity contribution < 1.29 is 14.2 Å². The summed E-state index contributed by atoms with van der Waals surface area (Å²) in [7, 11) is 1.68. The van der Waals surface area contributed by atoms with Crippen LogP contribution in [0.15, 0.2) is 16.6 Å². The Kier molecular flexibility index (Phi) is 8.32. The van der Waals surface area contributed by atoms with Gasteiger partial charge in [0.1, 0.15) is 0 Å². The van der Waals surface area contributed by atoms with Gasteiger partial charge in [0.05, 0.1) is 26.4 Å². The molecule has 0 bridgehead atoms. The molecule has 0 spiro atoms. The second kappa shape index (κ2) is 10.2. The highest BCUT2D eigenvalue weighted by atomic mass is 79.9. The average Bonchev–Trinajstić information content (AvgIpc) is 2.57. The van der Waals surface area contributed by atoms with Crippen molar-refractivity contribution in [3.63, 3.8) is 0 Å². The van der Waals surface area contributed by atoms with Gasteiger partial charge < -0.3 is 19.5 Å². The number of ether oxygens (including phenoxy) is 3. The minimum Gasteiger partial charge on any atom is -0.493 e. The van der Waals surface area contributed by atoms with Gasteiger partial charge in [-0.25, -0.2) is 0 Å². The van der Waals surface area contributed by atoms with Crippen LogP contribution in [-0.2, 0) is 11.3 Å². The fraction of sp³-hybridized carbons (Fsp3) is 0.667. The van der Waals surface area contributed by atoms with Gasteiger partial charge in [-0.1, -0.05) is 15.9 Å². The Morgan fingerprint density at radius 1 is 1.29 bits per heavy atom. The Morgan fingerprint density at radius 3 is 2.71 bits per heavy atom. The number of rotatable bonds is 9. The van der Waals surface area contributed by atoms with Crippen LogP contribution in [0.5, 0.6) is 11.5 Å². The quantitative estimate of drug-likeness (QED) is 0.645. The number of nitrogens with zero attached hydrogens (tertiary/aromatic N) is 1. The molecule has 1 aliphatic heterocycles. The van der Waals surface area contributed by atoms with E-state index < -0.39 is 0 Å². The lowest BCUT2D eigenvalue weighted by molar-refractivity contribution is 0.0374. The van der Waals surface area contributed by atoms with Crippen LogP contribution in [0.1, 0.15) is 25.8 Å². The van der Waals surface area contributed by atoms with Crippen molar-refractivity contribution in [3.05, 3.63) is 22.2 Å². The molecule has 1 N–H and O–H groups in total. The fourth-order valence-corrected chi connectivity index (χ4v) is 3.23. The number of methoxy groups -OCH3 is 1. The van der Waals surface area contributed by atoms with Crippen molar-refractivity contribution in [2.45, 2.75) is 32.9 Å². The molecule has 1 aromatic carbocycles. The van der Waals surface area contributed by atoms with E-state index in [1.165, 1.54) is 0 Å². The van der Waals surface area contributed by atoms with E-state index in [0.717, 1.165) is 73.9 Å². The molecule has 1 aromatic rings. The number of hydrogen-bond donors (Lipinski definition) is 1. The molecule has 1 aliphatic rings. The predicted octanol–water partition coefficient (Wildman–Crippen LogP) is 3.06. The van der Waals surface area contributed by atoms with Crippen LogP contribution in [-0.4, -0.2) is 57.5 Å². The number of benzene rings is 1. The smallest absolute Gasteiger partial charge is 0.166 e. The van der Waals surface area contributed by atoms with Gasteiger partial charge in [0.15, 0.2) is 11.5 Å². The Hall–Kier alpha value is -0.820. The van der Waals surface area contributed by atoms with Gasteiger partial charge in [0.25, 0.3) is 0 Å². The number of morpholine rings is 1. The van der Waals surface area contributed by atoms with Crippen LogP contribution >= 0.6 is 15.9 Å². The second-order valence-electron chi connectivity index (χ2n) is 6.25. The highest BCUT2D eigenvalue weighted by Crippen LogP contribution is 2.35. The highest BCUT2D eigenvalue weighted by Gasteiger charge is 2.14. The van der Waals surface area contributed by atoms with Crippen LogP contribution in [0, 0.1) is 0 Å². The van der Waals surface area contributed by atoms with Crippen molar-refractivity contribution in [2.75, 3.05) is 46.5 Å². The molecular formula is C18H29BrN2O3. The summed E-state index contributed by atoms with van der Waals surface area (Å²) in [6.45, 7) is 10.7. The molecule has 1 saturated heterocycles. The average molecular weight is 401 g/mol. The molecule has 24 heavy (non-hydrogen) atoms. The van der Waals surface area contributed by atoms with Crippen LogP contribution in [0.25, 0.3) is 0 Å². The van der Waals surface area contributed by atoms with E-state index in [1.54, 1.807) is 7.11 Å². The van der Waals surface area contributed by atoms with Crippen molar-refractivity contribution in [3.8, 4) is 11.5 Å². The van der Waals surface area contributed by atoms with Crippen molar-refractivity contribution >= 4 is 15.9 Å². The van der Waals surface area contributed by atoms with Crippen molar-refractivity contribution in [1.82, 2.24) is 10.2 Å². The number of nitrogens with one attached hydrogen (secondary N) is 1. The van der Waals surface area contributed by atoms with E-state index in [4.69, 9.17) is 14.2 Å². The van der Waals surface area contributed by atoms with Crippen LogP contribution in [0.2, 0.25) is 0 Å². The molecule has 6 heteroatoms. The van der Waals surface area contributed by atoms with Crippen LogP contribution in [0.3, 0.4) is 0 Å². The van der Waals surface area contributed by atoms with Crippen molar-refractivity contribution in [2.24, 2.45) is 0 Å². The van der Waals surface area contributed by atoms with E-state index in [0.29, 0.717) is 0 Å². The molecule has 0 radical (unpaired) electrons. The maximum atomic E-state index is 5.97. The Bertz CT molecular complexity index is 505. The molecule has 1 heterocycles. The zero-order valence-electron chi connectivity index (χ0n) is 14.9. The molecule has 0 aliphatic carbocycles. The third kappa shape index (κ3) is 6.24. The Balaban J connectivity index is 1.85. The molecule has 136 valence electrons. The lowest BCUT2D eigenvalue weighted by Crippen LogP contribution is -2.37. The number of hydrogen-bond acceptors (Lipinski definition) is 5. The molecule has 0 saturated carbocycles.